The first-order valence-corrected chi connectivity index (χ1v) is 4.39. The van der Waals surface area contributed by atoms with E-state index in [2.05, 4.69) is 15.4 Å². The van der Waals surface area contributed by atoms with Crippen LogP contribution in [0.1, 0.15) is 0 Å². The Balaban J connectivity index is 2.32. The third-order valence-corrected chi connectivity index (χ3v) is 1.84. The van der Waals surface area contributed by atoms with Gasteiger partial charge in [-0.3, -0.25) is 0 Å². The highest BCUT2D eigenvalue weighted by atomic mass is 19.1. The number of aliphatic carboxylic acids is 1. The van der Waals surface area contributed by atoms with Crippen LogP contribution in [0.3, 0.4) is 0 Å². The molecule has 0 aliphatic heterocycles. The fourth-order valence-electron chi connectivity index (χ4n) is 1.18. The van der Waals surface area contributed by atoms with Crippen LogP contribution >= 0.6 is 0 Å². The molecule has 0 radical (unpaired) electrons. The summed E-state index contributed by atoms with van der Waals surface area (Å²) in [6, 6.07) is 5.90. The summed E-state index contributed by atoms with van der Waals surface area (Å²) in [5, 5.41) is 21.0. The lowest BCUT2D eigenvalue weighted by molar-refractivity contribution is -0.307. The van der Waals surface area contributed by atoms with E-state index in [0.29, 0.717) is 0 Å². The fourth-order valence-corrected chi connectivity index (χ4v) is 1.18. The first kappa shape index (κ1) is 10.2. The Kier molecular flexibility index (Phi) is 2.59. The molecule has 0 aliphatic rings. The first-order chi connectivity index (χ1) is 7.66. The van der Waals surface area contributed by atoms with Crippen molar-refractivity contribution >= 4 is 5.97 Å². The second kappa shape index (κ2) is 4.05. The van der Waals surface area contributed by atoms with Gasteiger partial charge in [0.25, 0.3) is 0 Å². The summed E-state index contributed by atoms with van der Waals surface area (Å²) in [5.74, 6) is -1.78. The Hall–Kier alpha value is -2.31. The summed E-state index contributed by atoms with van der Waals surface area (Å²) in [5.41, 5.74) is 0.173. The Morgan fingerprint density at radius 3 is 2.88 bits per heavy atom. The molecule has 0 N–H and O–H groups in total. The van der Waals surface area contributed by atoms with Crippen LogP contribution in [0.15, 0.2) is 24.3 Å². The van der Waals surface area contributed by atoms with Crippen LogP contribution in [0.25, 0.3) is 11.4 Å². The van der Waals surface area contributed by atoms with Gasteiger partial charge in [0.1, 0.15) is 12.4 Å². The minimum Gasteiger partial charge on any atom is -0.548 e. The van der Waals surface area contributed by atoms with Crippen molar-refractivity contribution in [3.8, 4) is 11.4 Å². The standard InChI is InChI=1S/C9H7FN4O2/c10-7-4-2-1-3-6(7)9-11-13-14(12-9)5-8(15)16/h1-4H,5H2,(H,15,16)/p-1. The second-order valence-electron chi connectivity index (χ2n) is 3.00. The molecule has 2 rings (SSSR count). The van der Waals surface area contributed by atoms with Gasteiger partial charge in [-0.1, -0.05) is 12.1 Å². The zero-order chi connectivity index (χ0) is 11.5. The van der Waals surface area contributed by atoms with Crippen molar-refractivity contribution in [2.45, 2.75) is 6.54 Å². The topological polar surface area (TPSA) is 83.7 Å². The highest BCUT2D eigenvalue weighted by Crippen LogP contribution is 2.16. The van der Waals surface area contributed by atoms with Crippen molar-refractivity contribution in [2.75, 3.05) is 0 Å². The molecule has 1 aromatic heterocycles. The highest BCUT2D eigenvalue weighted by Gasteiger charge is 2.09. The first-order valence-electron chi connectivity index (χ1n) is 4.39. The van der Waals surface area contributed by atoms with Gasteiger partial charge in [0.2, 0.25) is 5.82 Å². The minimum atomic E-state index is -1.34. The van der Waals surface area contributed by atoms with Crippen LogP contribution in [-0.2, 0) is 11.3 Å². The number of benzene rings is 1. The summed E-state index contributed by atoms with van der Waals surface area (Å²) in [6.07, 6.45) is 0. The number of carbonyl (C=O) groups is 1. The van der Waals surface area contributed by atoms with Gasteiger partial charge in [-0.25, -0.2) is 4.39 Å². The number of carboxylic acid groups (broad SMARTS) is 1. The van der Waals surface area contributed by atoms with Crippen LogP contribution < -0.4 is 5.11 Å². The number of carbonyl (C=O) groups excluding carboxylic acids is 1. The van der Waals surface area contributed by atoms with Gasteiger partial charge < -0.3 is 9.90 Å². The molecule has 2 aromatic rings. The quantitative estimate of drug-likeness (QED) is 0.679. The molecule has 1 aromatic carbocycles. The molecule has 0 unspecified atom stereocenters. The van der Waals surface area contributed by atoms with E-state index in [1.807, 2.05) is 0 Å². The molecule has 0 bridgehead atoms. The molecule has 0 saturated carbocycles. The smallest absolute Gasteiger partial charge is 0.207 e. The zero-order valence-electron chi connectivity index (χ0n) is 8.00. The average molecular weight is 221 g/mol. The molecular weight excluding hydrogens is 215 g/mol. The number of hydrogen-bond acceptors (Lipinski definition) is 5. The van der Waals surface area contributed by atoms with E-state index in [9.17, 15) is 14.3 Å². The molecule has 16 heavy (non-hydrogen) atoms. The third-order valence-electron chi connectivity index (χ3n) is 1.84. The fraction of sp³-hybridized carbons (Fsp3) is 0.111. The monoisotopic (exact) mass is 221 g/mol. The van der Waals surface area contributed by atoms with Crippen LogP contribution in [0.2, 0.25) is 0 Å². The Morgan fingerprint density at radius 2 is 2.19 bits per heavy atom. The van der Waals surface area contributed by atoms with Crippen molar-refractivity contribution < 1.29 is 14.3 Å². The van der Waals surface area contributed by atoms with E-state index >= 15 is 0 Å². The van der Waals surface area contributed by atoms with Crippen LogP contribution in [0, 0.1) is 5.82 Å². The molecule has 7 heteroatoms. The average Bonchev–Trinajstić information content (AvgIpc) is 2.66. The molecule has 0 atom stereocenters. The predicted octanol–water partition coefficient (Wildman–Crippen LogP) is -0.771. The maximum Gasteiger partial charge on any atom is 0.207 e. The summed E-state index contributed by atoms with van der Waals surface area (Å²) >= 11 is 0. The normalized spacial score (nSPS) is 10.3. The molecule has 0 spiro atoms. The van der Waals surface area contributed by atoms with Crippen molar-refractivity contribution in [3.63, 3.8) is 0 Å². The van der Waals surface area contributed by atoms with Crippen molar-refractivity contribution in [1.29, 1.82) is 0 Å². The van der Waals surface area contributed by atoms with Gasteiger partial charge >= 0.3 is 0 Å². The lowest BCUT2D eigenvalue weighted by Crippen LogP contribution is -2.28. The number of hydrogen-bond donors (Lipinski definition) is 0. The van der Waals surface area contributed by atoms with Crippen LogP contribution in [-0.4, -0.2) is 26.2 Å². The Labute approximate surface area is 89.3 Å². The van der Waals surface area contributed by atoms with Crippen molar-refractivity contribution in [1.82, 2.24) is 20.2 Å². The van der Waals surface area contributed by atoms with Crippen LogP contribution in [0.5, 0.6) is 0 Å². The molecular formula is C9H6FN4O2-. The predicted molar refractivity (Wildman–Crippen MR) is 48.2 cm³/mol. The van der Waals surface area contributed by atoms with E-state index in [-0.39, 0.29) is 11.4 Å². The van der Waals surface area contributed by atoms with E-state index in [1.165, 1.54) is 18.2 Å². The summed E-state index contributed by atoms with van der Waals surface area (Å²) in [4.78, 5) is 11.1. The zero-order valence-corrected chi connectivity index (χ0v) is 8.00. The summed E-state index contributed by atoms with van der Waals surface area (Å²) in [6.45, 7) is -0.512. The number of halogens is 1. The van der Waals surface area contributed by atoms with Gasteiger partial charge in [-0.2, -0.15) is 4.80 Å². The number of nitrogens with zero attached hydrogens (tertiary/aromatic N) is 4. The molecule has 0 fully saturated rings. The van der Waals surface area contributed by atoms with Gasteiger partial charge in [-0.05, 0) is 17.3 Å². The van der Waals surface area contributed by atoms with E-state index in [0.717, 1.165) is 4.80 Å². The summed E-state index contributed by atoms with van der Waals surface area (Å²) in [7, 11) is 0. The van der Waals surface area contributed by atoms with Crippen LogP contribution in [0.4, 0.5) is 4.39 Å². The van der Waals surface area contributed by atoms with Gasteiger partial charge in [0, 0.05) is 0 Å². The number of aromatic nitrogens is 4. The molecule has 82 valence electrons. The maximum atomic E-state index is 13.3. The van der Waals surface area contributed by atoms with E-state index < -0.39 is 18.3 Å². The molecule has 0 saturated heterocycles. The SMILES string of the molecule is O=C([O-])Cn1nnc(-c2ccccc2F)n1. The second-order valence-corrected chi connectivity index (χ2v) is 3.00. The molecule has 0 amide bonds. The summed E-state index contributed by atoms with van der Waals surface area (Å²) < 4.78 is 13.3. The van der Waals surface area contributed by atoms with Crippen molar-refractivity contribution in [2.24, 2.45) is 0 Å². The Bertz CT molecular complexity index is 526. The lowest BCUT2D eigenvalue weighted by Gasteiger charge is -1.98. The Morgan fingerprint density at radius 1 is 1.44 bits per heavy atom. The minimum absolute atomic E-state index is 0.0411. The maximum absolute atomic E-state index is 13.3. The van der Waals surface area contributed by atoms with Gasteiger partial charge in [-0.15, -0.1) is 10.2 Å². The molecule has 6 nitrogen and oxygen atoms in total. The lowest BCUT2D eigenvalue weighted by atomic mass is 10.2. The number of rotatable bonds is 3. The van der Waals surface area contributed by atoms with Crippen molar-refractivity contribution in [3.05, 3.63) is 30.1 Å². The van der Waals surface area contributed by atoms with Gasteiger partial charge in [0.15, 0.2) is 0 Å². The molecule has 0 aliphatic carbocycles. The number of carboxylic acids is 1. The number of tetrazole rings is 1. The highest BCUT2D eigenvalue weighted by molar-refractivity contribution is 5.63. The van der Waals surface area contributed by atoms with Gasteiger partial charge in [0.05, 0.1) is 11.5 Å². The molecule has 1 heterocycles. The third kappa shape index (κ3) is 2.02. The largest absolute Gasteiger partial charge is 0.548 e. The van der Waals surface area contributed by atoms with E-state index in [1.54, 1.807) is 6.07 Å². The van der Waals surface area contributed by atoms with E-state index in [4.69, 9.17) is 0 Å².